The summed E-state index contributed by atoms with van der Waals surface area (Å²) in [5.74, 6) is 0.367. The third-order valence-electron chi connectivity index (χ3n) is 4.96. The van der Waals surface area contributed by atoms with Gasteiger partial charge in [-0.05, 0) is 42.5 Å². The molecule has 0 unspecified atom stereocenters. The molecule has 0 spiro atoms. The van der Waals surface area contributed by atoms with Crippen LogP contribution in [0, 0.1) is 0 Å². The first-order valence-electron chi connectivity index (χ1n) is 9.62. The molecule has 170 valence electrons. The highest BCUT2D eigenvalue weighted by atomic mass is 32.1. The Balaban J connectivity index is 1.69. The van der Waals surface area contributed by atoms with Crippen LogP contribution in [0.15, 0.2) is 54.6 Å². The van der Waals surface area contributed by atoms with Crippen LogP contribution in [0.25, 0.3) is 21.5 Å². The number of pyridine rings is 1. The van der Waals surface area contributed by atoms with Crippen LogP contribution in [-0.4, -0.2) is 25.1 Å². The molecule has 0 saturated carbocycles. The predicted molar refractivity (Wildman–Crippen MR) is 122 cm³/mol. The maximum absolute atomic E-state index is 13.3. The second-order valence-electron chi connectivity index (χ2n) is 6.96. The van der Waals surface area contributed by atoms with Crippen molar-refractivity contribution in [3.8, 4) is 22.8 Å². The molecule has 6 nitrogen and oxygen atoms in total. The lowest BCUT2D eigenvalue weighted by molar-refractivity contribution is -0.136. The number of hydrogen-bond donors (Lipinski definition) is 2. The molecular weight excluding hydrogens is 455 g/mol. The minimum absolute atomic E-state index is 0.0824. The van der Waals surface area contributed by atoms with E-state index in [4.69, 9.17) is 15.2 Å². The molecule has 2 aromatic heterocycles. The van der Waals surface area contributed by atoms with Crippen LogP contribution in [0.4, 0.5) is 24.5 Å². The van der Waals surface area contributed by atoms with Gasteiger partial charge in [-0.2, -0.15) is 13.2 Å². The van der Waals surface area contributed by atoms with Crippen LogP contribution < -0.4 is 20.5 Å². The predicted octanol–water partition coefficient (Wildman–Crippen LogP) is 5.83. The Bertz CT molecular complexity index is 1350. The number of thiophene rings is 1. The SMILES string of the molecule is COc1ccc(-c2ccc3c(N)c(C(=O)Nc4ccccc4C(F)(F)F)sc3n2)cc1OC. The summed E-state index contributed by atoms with van der Waals surface area (Å²) in [6.45, 7) is 0. The number of alkyl halides is 3. The lowest BCUT2D eigenvalue weighted by Crippen LogP contribution is -2.16. The van der Waals surface area contributed by atoms with Crippen molar-refractivity contribution in [2.75, 3.05) is 25.3 Å². The minimum Gasteiger partial charge on any atom is -0.493 e. The zero-order valence-corrected chi connectivity index (χ0v) is 18.3. The number of fused-ring (bicyclic) bond motifs is 1. The second-order valence-corrected chi connectivity index (χ2v) is 7.96. The van der Waals surface area contributed by atoms with E-state index < -0.39 is 17.6 Å². The van der Waals surface area contributed by atoms with Crippen molar-refractivity contribution in [3.05, 3.63) is 65.0 Å². The maximum atomic E-state index is 13.3. The van der Waals surface area contributed by atoms with E-state index >= 15 is 0 Å². The van der Waals surface area contributed by atoms with Crippen LogP contribution in [0.3, 0.4) is 0 Å². The molecule has 2 aromatic carbocycles. The zero-order valence-electron chi connectivity index (χ0n) is 17.5. The molecule has 4 rings (SSSR count). The zero-order chi connectivity index (χ0) is 23.8. The van der Waals surface area contributed by atoms with E-state index in [1.54, 1.807) is 24.3 Å². The molecule has 2 heterocycles. The molecule has 0 fully saturated rings. The average molecular weight is 473 g/mol. The largest absolute Gasteiger partial charge is 0.493 e. The van der Waals surface area contributed by atoms with Crippen molar-refractivity contribution in [2.45, 2.75) is 6.18 Å². The topological polar surface area (TPSA) is 86.5 Å². The summed E-state index contributed by atoms with van der Waals surface area (Å²) in [7, 11) is 3.07. The summed E-state index contributed by atoms with van der Waals surface area (Å²) < 4.78 is 50.3. The van der Waals surface area contributed by atoms with Gasteiger partial charge in [0.2, 0.25) is 0 Å². The highest BCUT2D eigenvalue weighted by Gasteiger charge is 2.34. The second kappa shape index (κ2) is 8.62. The van der Waals surface area contributed by atoms with E-state index in [9.17, 15) is 18.0 Å². The summed E-state index contributed by atoms with van der Waals surface area (Å²) in [6, 6.07) is 13.6. The number of carbonyl (C=O) groups excluding carboxylic acids is 1. The molecule has 10 heteroatoms. The number of anilines is 2. The number of rotatable bonds is 5. The van der Waals surface area contributed by atoms with E-state index in [0.29, 0.717) is 27.4 Å². The van der Waals surface area contributed by atoms with Gasteiger partial charge >= 0.3 is 6.18 Å². The highest BCUT2D eigenvalue weighted by molar-refractivity contribution is 7.21. The fourth-order valence-corrected chi connectivity index (χ4v) is 4.33. The van der Waals surface area contributed by atoms with E-state index in [0.717, 1.165) is 23.0 Å². The highest BCUT2D eigenvalue weighted by Crippen LogP contribution is 2.38. The Hall–Kier alpha value is -3.79. The molecular formula is C23H18F3N3O3S. The first kappa shape index (κ1) is 22.4. The Morgan fingerprint density at radius 2 is 1.76 bits per heavy atom. The molecule has 0 atom stereocenters. The van der Waals surface area contributed by atoms with Gasteiger partial charge < -0.3 is 20.5 Å². The fourth-order valence-electron chi connectivity index (χ4n) is 3.34. The van der Waals surface area contributed by atoms with Crippen LogP contribution >= 0.6 is 11.3 Å². The number of nitrogen functional groups attached to an aromatic ring is 1. The first-order chi connectivity index (χ1) is 15.7. The number of aromatic nitrogens is 1. The van der Waals surface area contributed by atoms with Gasteiger partial charge in [0.25, 0.3) is 5.91 Å². The molecule has 1 amide bonds. The van der Waals surface area contributed by atoms with Gasteiger partial charge in [-0.15, -0.1) is 11.3 Å². The summed E-state index contributed by atoms with van der Waals surface area (Å²) >= 11 is 1.01. The Morgan fingerprint density at radius 3 is 2.45 bits per heavy atom. The first-order valence-corrected chi connectivity index (χ1v) is 10.4. The lowest BCUT2D eigenvalue weighted by atomic mass is 10.1. The van der Waals surface area contributed by atoms with Crippen molar-refractivity contribution in [1.29, 1.82) is 0 Å². The number of methoxy groups -OCH3 is 2. The minimum atomic E-state index is -4.61. The normalized spacial score (nSPS) is 11.4. The van der Waals surface area contributed by atoms with Gasteiger partial charge in [0, 0.05) is 10.9 Å². The number of para-hydroxylation sites is 1. The van der Waals surface area contributed by atoms with Crippen molar-refractivity contribution in [1.82, 2.24) is 4.98 Å². The molecule has 3 N–H and O–H groups in total. The smallest absolute Gasteiger partial charge is 0.418 e. The third kappa shape index (κ3) is 4.29. The number of nitrogens with one attached hydrogen (secondary N) is 1. The molecule has 0 aliphatic heterocycles. The standard InChI is InChI=1S/C23H18F3N3O3S/c1-31-17-10-7-12(11-18(17)32-2)15-9-8-13-19(27)20(33-22(13)29-15)21(30)28-16-6-4-3-5-14(16)23(24,25)26/h3-11H,27H2,1-2H3,(H,28,30). The summed E-state index contributed by atoms with van der Waals surface area (Å²) in [6.07, 6.45) is -4.61. The quantitative estimate of drug-likeness (QED) is 0.381. The number of nitrogens with zero attached hydrogens (tertiary/aromatic N) is 1. The van der Waals surface area contributed by atoms with Crippen LogP contribution in [-0.2, 0) is 6.18 Å². The molecule has 33 heavy (non-hydrogen) atoms. The Morgan fingerprint density at radius 1 is 1.03 bits per heavy atom. The van der Waals surface area contributed by atoms with Gasteiger partial charge in [-0.25, -0.2) is 4.98 Å². The van der Waals surface area contributed by atoms with Gasteiger partial charge in [-0.1, -0.05) is 12.1 Å². The number of ether oxygens (including phenoxy) is 2. The van der Waals surface area contributed by atoms with Gasteiger partial charge in [0.1, 0.15) is 9.71 Å². The molecule has 0 saturated heterocycles. The summed E-state index contributed by atoms with van der Waals surface area (Å²) in [5.41, 5.74) is 6.38. The van der Waals surface area contributed by atoms with E-state index in [1.165, 1.54) is 32.4 Å². The van der Waals surface area contributed by atoms with Crippen molar-refractivity contribution < 1.29 is 27.4 Å². The van der Waals surface area contributed by atoms with Gasteiger partial charge in [0.05, 0.1) is 36.9 Å². The Labute approximate surface area is 190 Å². The monoisotopic (exact) mass is 473 g/mol. The van der Waals surface area contributed by atoms with Crippen LogP contribution in [0.1, 0.15) is 15.2 Å². The van der Waals surface area contributed by atoms with Gasteiger partial charge in [0.15, 0.2) is 11.5 Å². The van der Waals surface area contributed by atoms with Crippen molar-refractivity contribution in [3.63, 3.8) is 0 Å². The third-order valence-corrected chi connectivity index (χ3v) is 6.07. The fraction of sp³-hybridized carbons (Fsp3) is 0.130. The summed E-state index contributed by atoms with van der Waals surface area (Å²) in [4.78, 5) is 17.9. The van der Waals surface area contributed by atoms with Crippen molar-refractivity contribution >= 4 is 38.8 Å². The number of nitrogens with two attached hydrogens (primary N) is 1. The van der Waals surface area contributed by atoms with Crippen molar-refractivity contribution in [2.24, 2.45) is 0 Å². The molecule has 0 aliphatic carbocycles. The maximum Gasteiger partial charge on any atom is 0.418 e. The molecule has 4 aromatic rings. The van der Waals surface area contributed by atoms with Crippen LogP contribution in [0.2, 0.25) is 0 Å². The number of hydrogen-bond acceptors (Lipinski definition) is 6. The average Bonchev–Trinajstić information content (AvgIpc) is 3.14. The van der Waals surface area contributed by atoms with E-state index in [1.807, 2.05) is 6.07 Å². The van der Waals surface area contributed by atoms with Gasteiger partial charge in [-0.3, -0.25) is 4.79 Å². The number of halogens is 3. The number of amides is 1. The Kier molecular flexibility index (Phi) is 5.86. The molecule has 0 bridgehead atoms. The lowest BCUT2D eigenvalue weighted by Gasteiger charge is -2.13. The molecule has 0 radical (unpaired) electrons. The van der Waals surface area contributed by atoms with E-state index in [-0.39, 0.29) is 16.3 Å². The van der Waals surface area contributed by atoms with E-state index in [2.05, 4.69) is 10.3 Å². The van der Waals surface area contributed by atoms with Crippen LogP contribution in [0.5, 0.6) is 11.5 Å². The molecule has 0 aliphatic rings. The summed E-state index contributed by atoms with van der Waals surface area (Å²) in [5, 5.41) is 2.86. The number of benzene rings is 2. The number of carbonyl (C=O) groups is 1.